The number of methoxy groups -OCH3 is 1. The lowest BCUT2D eigenvalue weighted by Crippen LogP contribution is -2.39. The molecule has 0 aliphatic carbocycles. The van der Waals surface area contributed by atoms with Crippen molar-refractivity contribution in [3.05, 3.63) is 29.8 Å². The van der Waals surface area contributed by atoms with Crippen LogP contribution in [-0.4, -0.2) is 32.2 Å². The third kappa shape index (κ3) is 3.37. The van der Waals surface area contributed by atoms with Gasteiger partial charge in [0.2, 0.25) is 0 Å². The summed E-state index contributed by atoms with van der Waals surface area (Å²) in [6.45, 7) is 1.90. The first kappa shape index (κ1) is 14.8. The van der Waals surface area contributed by atoms with E-state index in [4.69, 9.17) is 10.5 Å². The largest absolute Gasteiger partial charge is 0.465 e. The highest BCUT2D eigenvalue weighted by Gasteiger charge is 2.17. The van der Waals surface area contributed by atoms with E-state index >= 15 is 0 Å². The van der Waals surface area contributed by atoms with E-state index in [1.807, 2.05) is 18.2 Å². The monoisotopic (exact) mass is 270 g/mol. The SMILES string of the molecule is COC(=O)c1cccc(N2CCC(N)CC2)c1.Cl. The van der Waals surface area contributed by atoms with Crippen LogP contribution in [-0.2, 0) is 4.74 Å². The van der Waals surface area contributed by atoms with Gasteiger partial charge in [-0.15, -0.1) is 12.4 Å². The van der Waals surface area contributed by atoms with Crippen molar-refractivity contribution in [1.29, 1.82) is 0 Å². The third-order valence-corrected chi connectivity index (χ3v) is 3.17. The second-order valence-corrected chi connectivity index (χ2v) is 4.37. The van der Waals surface area contributed by atoms with Gasteiger partial charge in [-0.3, -0.25) is 0 Å². The molecule has 18 heavy (non-hydrogen) atoms. The van der Waals surface area contributed by atoms with Crippen LogP contribution in [0.2, 0.25) is 0 Å². The lowest BCUT2D eigenvalue weighted by Gasteiger charge is -2.32. The van der Waals surface area contributed by atoms with Crippen LogP contribution in [0.4, 0.5) is 5.69 Å². The van der Waals surface area contributed by atoms with Gasteiger partial charge in [0.25, 0.3) is 0 Å². The lowest BCUT2D eigenvalue weighted by molar-refractivity contribution is 0.0601. The maximum absolute atomic E-state index is 11.4. The van der Waals surface area contributed by atoms with Crippen molar-refractivity contribution in [2.24, 2.45) is 5.73 Å². The number of hydrogen-bond acceptors (Lipinski definition) is 4. The van der Waals surface area contributed by atoms with E-state index in [-0.39, 0.29) is 18.4 Å². The molecule has 0 radical (unpaired) electrons. The Balaban J connectivity index is 0.00000162. The van der Waals surface area contributed by atoms with Crippen LogP contribution in [0.1, 0.15) is 23.2 Å². The van der Waals surface area contributed by atoms with Gasteiger partial charge in [-0.2, -0.15) is 0 Å². The Morgan fingerprint density at radius 3 is 2.67 bits per heavy atom. The lowest BCUT2D eigenvalue weighted by atomic mass is 10.0. The molecule has 0 aromatic heterocycles. The number of esters is 1. The zero-order chi connectivity index (χ0) is 12.3. The molecule has 0 saturated carbocycles. The Morgan fingerprint density at radius 2 is 2.06 bits per heavy atom. The average Bonchev–Trinajstić information content (AvgIpc) is 2.39. The number of halogens is 1. The molecule has 2 rings (SSSR count). The third-order valence-electron chi connectivity index (χ3n) is 3.17. The highest BCUT2D eigenvalue weighted by molar-refractivity contribution is 5.90. The van der Waals surface area contributed by atoms with Crippen molar-refractivity contribution in [3.63, 3.8) is 0 Å². The van der Waals surface area contributed by atoms with Crippen molar-refractivity contribution in [1.82, 2.24) is 0 Å². The summed E-state index contributed by atoms with van der Waals surface area (Å²) >= 11 is 0. The highest BCUT2D eigenvalue weighted by atomic mass is 35.5. The Bertz CT molecular complexity index is 404. The van der Waals surface area contributed by atoms with Gasteiger partial charge in [-0.25, -0.2) is 4.79 Å². The molecule has 1 aromatic carbocycles. The summed E-state index contributed by atoms with van der Waals surface area (Å²) in [5.41, 5.74) is 7.54. The summed E-state index contributed by atoms with van der Waals surface area (Å²) in [7, 11) is 1.40. The van der Waals surface area contributed by atoms with Crippen molar-refractivity contribution < 1.29 is 9.53 Å². The molecule has 1 saturated heterocycles. The summed E-state index contributed by atoms with van der Waals surface area (Å²) in [5, 5.41) is 0. The minimum Gasteiger partial charge on any atom is -0.465 e. The predicted molar refractivity (Wildman–Crippen MR) is 74.5 cm³/mol. The highest BCUT2D eigenvalue weighted by Crippen LogP contribution is 2.20. The summed E-state index contributed by atoms with van der Waals surface area (Å²) in [5.74, 6) is -0.291. The summed E-state index contributed by atoms with van der Waals surface area (Å²) in [6.07, 6.45) is 2.00. The zero-order valence-electron chi connectivity index (χ0n) is 10.5. The molecule has 0 atom stereocenters. The van der Waals surface area contributed by atoms with E-state index in [2.05, 4.69) is 4.90 Å². The van der Waals surface area contributed by atoms with E-state index in [1.165, 1.54) is 7.11 Å². The van der Waals surface area contributed by atoms with Gasteiger partial charge in [0, 0.05) is 24.8 Å². The molecular weight excluding hydrogens is 252 g/mol. The van der Waals surface area contributed by atoms with Crippen LogP contribution in [0.15, 0.2) is 24.3 Å². The molecule has 5 heteroatoms. The Morgan fingerprint density at radius 1 is 1.39 bits per heavy atom. The van der Waals surface area contributed by atoms with Crippen LogP contribution in [0, 0.1) is 0 Å². The average molecular weight is 271 g/mol. The summed E-state index contributed by atoms with van der Waals surface area (Å²) in [4.78, 5) is 13.7. The first-order valence-electron chi connectivity index (χ1n) is 5.89. The maximum atomic E-state index is 11.4. The summed E-state index contributed by atoms with van der Waals surface area (Å²) < 4.78 is 4.72. The fourth-order valence-corrected chi connectivity index (χ4v) is 2.11. The molecular formula is C13H19ClN2O2. The number of carbonyl (C=O) groups excluding carboxylic acids is 1. The molecule has 4 nitrogen and oxygen atoms in total. The number of anilines is 1. The topological polar surface area (TPSA) is 55.6 Å². The predicted octanol–water partition coefficient (Wildman–Crippen LogP) is 1.82. The van der Waals surface area contributed by atoms with E-state index in [9.17, 15) is 4.79 Å². The number of benzene rings is 1. The van der Waals surface area contributed by atoms with E-state index in [0.717, 1.165) is 31.6 Å². The molecule has 1 heterocycles. The second-order valence-electron chi connectivity index (χ2n) is 4.37. The minimum absolute atomic E-state index is 0. The van der Waals surface area contributed by atoms with Crippen molar-refractivity contribution in [3.8, 4) is 0 Å². The number of carbonyl (C=O) groups is 1. The van der Waals surface area contributed by atoms with Gasteiger partial charge >= 0.3 is 5.97 Å². The minimum atomic E-state index is -0.291. The Kier molecular flexibility index (Phi) is 5.44. The van der Waals surface area contributed by atoms with Crippen LogP contribution in [0.5, 0.6) is 0 Å². The molecule has 0 unspecified atom stereocenters. The van der Waals surface area contributed by atoms with E-state index in [0.29, 0.717) is 11.6 Å². The number of nitrogens with two attached hydrogens (primary N) is 1. The van der Waals surface area contributed by atoms with Crippen molar-refractivity contribution >= 4 is 24.1 Å². The zero-order valence-corrected chi connectivity index (χ0v) is 11.3. The van der Waals surface area contributed by atoms with Gasteiger partial charge in [0.15, 0.2) is 0 Å². The first-order valence-corrected chi connectivity index (χ1v) is 5.89. The van der Waals surface area contributed by atoms with Gasteiger partial charge < -0.3 is 15.4 Å². The molecule has 0 amide bonds. The standard InChI is InChI=1S/C13H18N2O2.ClH/c1-17-13(16)10-3-2-4-12(9-10)15-7-5-11(14)6-8-15;/h2-4,9,11H,5-8,14H2,1H3;1H. The van der Waals surface area contributed by atoms with Crippen LogP contribution < -0.4 is 10.6 Å². The molecule has 100 valence electrons. The van der Waals surface area contributed by atoms with Gasteiger partial charge in [0.1, 0.15) is 0 Å². The van der Waals surface area contributed by atoms with Crippen LogP contribution in [0.25, 0.3) is 0 Å². The number of hydrogen-bond donors (Lipinski definition) is 1. The Hall–Kier alpha value is -1.26. The van der Waals surface area contributed by atoms with E-state index < -0.39 is 0 Å². The van der Waals surface area contributed by atoms with E-state index in [1.54, 1.807) is 6.07 Å². The fraction of sp³-hybridized carbons (Fsp3) is 0.462. The molecule has 1 fully saturated rings. The van der Waals surface area contributed by atoms with Crippen LogP contribution in [0.3, 0.4) is 0 Å². The number of nitrogens with zero attached hydrogens (tertiary/aromatic N) is 1. The van der Waals surface area contributed by atoms with Gasteiger partial charge in [-0.05, 0) is 31.0 Å². The fourth-order valence-electron chi connectivity index (χ4n) is 2.11. The molecule has 1 aromatic rings. The normalized spacial score (nSPS) is 16.0. The summed E-state index contributed by atoms with van der Waals surface area (Å²) in [6, 6.07) is 7.86. The van der Waals surface area contributed by atoms with Crippen LogP contribution >= 0.6 is 12.4 Å². The van der Waals surface area contributed by atoms with Gasteiger partial charge in [-0.1, -0.05) is 6.07 Å². The first-order chi connectivity index (χ1) is 8.20. The molecule has 1 aliphatic rings. The smallest absolute Gasteiger partial charge is 0.337 e. The number of rotatable bonds is 2. The Labute approximate surface area is 114 Å². The van der Waals surface area contributed by atoms with Crippen molar-refractivity contribution in [2.75, 3.05) is 25.1 Å². The molecule has 2 N–H and O–H groups in total. The molecule has 0 bridgehead atoms. The van der Waals surface area contributed by atoms with Gasteiger partial charge in [0.05, 0.1) is 12.7 Å². The number of piperidine rings is 1. The second kappa shape index (κ2) is 6.61. The number of ether oxygens (including phenoxy) is 1. The maximum Gasteiger partial charge on any atom is 0.337 e. The van der Waals surface area contributed by atoms with Crippen molar-refractivity contribution in [2.45, 2.75) is 18.9 Å². The molecule has 0 spiro atoms. The quantitative estimate of drug-likeness (QED) is 0.833. The molecule has 1 aliphatic heterocycles.